The molecule has 8 nitrogen and oxygen atoms in total. The fourth-order valence-corrected chi connectivity index (χ4v) is 4.57. The SMILES string of the molecule is CN1CCN(C/C=C/C(=O)N2CCCOc3cc4ncnc(Nc5ccc(F)c(Cl)c5)c4cc32)CC1. The molecule has 0 atom stereocenters. The number of halogens is 2. The lowest BCUT2D eigenvalue weighted by molar-refractivity contribution is -0.114. The Labute approximate surface area is 214 Å². The molecule has 1 aromatic heterocycles. The van der Waals surface area contributed by atoms with E-state index in [1.165, 1.54) is 18.5 Å². The van der Waals surface area contributed by atoms with E-state index in [2.05, 4.69) is 32.1 Å². The summed E-state index contributed by atoms with van der Waals surface area (Å²) in [5.41, 5.74) is 1.93. The summed E-state index contributed by atoms with van der Waals surface area (Å²) >= 11 is 5.94. The van der Waals surface area contributed by atoms with Gasteiger partial charge in [-0.1, -0.05) is 17.7 Å². The minimum Gasteiger partial charge on any atom is -0.491 e. The van der Waals surface area contributed by atoms with Crippen molar-refractivity contribution in [1.82, 2.24) is 19.8 Å². The van der Waals surface area contributed by atoms with E-state index < -0.39 is 5.82 Å². The predicted octanol–water partition coefficient (Wildman–Crippen LogP) is 4.09. The van der Waals surface area contributed by atoms with Crippen molar-refractivity contribution < 1.29 is 13.9 Å². The van der Waals surface area contributed by atoms with Crippen LogP contribution in [0.4, 0.5) is 21.6 Å². The Kier molecular flexibility index (Phi) is 7.31. The summed E-state index contributed by atoms with van der Waals surface area (Å²) in [5.74, 6) is 0.544. The summed E-state index contributed by atoms with van der Waals surface area (Å²) in [6.45, 7) is 5.86. The summed E-state index contributed by atoms with van der Waals surface area (Å²) in [5, 5.41) is 3.91. The number of aromatic nitrogens is 2. The van der Waals surface area contributed by atoms with E-state index in [0.717, 1.165) is 32.7 Å². The highest BCUT2D eigenvalue weighted by atomic mass is 35.5. The van der Waals surface area contributed by atoms with E-state index in [1.807, 2.05) is 18.2 Å². The normalized spacial score (nSPS) is 17.1. The minimum atomic E-state index is -0.493. The number of likely N-dealkylation sites (N-methyl/N-ethyl adjacent to an activating group) is 1. The first-order chi connectivity index (χ1) is 17.5. The van der Waals surface area contributed by atoms with Crippen LogP contribution in [-0.4, -0.2) is 78.6 Å². The molecule has 0 unspecified atom stereocenters. The molecule has 36 heavy (non-hydrogen) atoms. The Morgan fingerprint density at radius 3 is 2.81 bits per heavy atom. The zero-order valence-electron chi connectivity index (χ0n) is 20.1. The molecule has 5 rings (SSSR count). The number of amides is 1. The third kappa shape index (κ3) is 5.43. The molecule has 1 saturated heterocycles. The summed E-state index contributed by atoms with van der Waals surface area (Å²) in [6, 6.07) is 8.08. The van der Waals surface area contributed by atoms with Crippen LogP contribution < -0.4 is 15.0 Å². The molecule has 0 bridgehead atoms. The largest absolute Gasteiger partial charge is 0.491 e. The molecule has 188 valence electrons. The van der Waals surface area contributed by atoms with Crippen molar-refractivity contribution >= 4 is 45.6 Å². The fraction of sp³-hybridized carbons (Fsp3) is 0.346. The summed E-state index contributed by atoms with van der Waals surface area (Å²) in [7, 11) is 2.13. The molecule has 2 aliphatic rings. The van der Waals surface area contributed by atoms with Gasteiger partial charge in [0.25, 0.3) is 5.91 Å². The number of hydrogen-bond donors (Lipinski definition) is 1. The van der Waals surface area contributed by atoms with Crippen LogP contribution in [0.1, 0.15) is 6.42 Å². The second-order valence-electron chi connectivity index (χ2n) is 9.01. The van der Waals surface area contributed by atoms with Crippen LogP contribution in [0.2, 0.25) is 5.02 Å². The van der Waals surface area contributed by atoms with Crippen LogP contribution in [0.5, 0.6) is 5.75 Å². The van der Waals surface area contributed by atoms with Crippen LogP contribution in [0, 0.1) is 5.82 Å². The minimum absolute atomic E-state index is 0.0146. The number of ether oxygens (including phenoxy) is 1. The Balaban J connectivity index is 1.41. The van der Waals surface area contributed by atoms with Crippen LogP contribution in [0.15, 0.2) is 48.8 Å². The molecule has 0 spiro atoms. The maximum Gasteiger partial charge on any atom is 0.250 e. The summed E-state index contributed by atoms with van der Waals surface area (Å²) in [4.78, 5) is 28.4. The summed E-state index contributed by atoms with van der Waals surface area (Å²) in [6.07, 6.45) is 5.75. The van der Waals surface area contributed by atoms with Gasteiger partial charge in [0.2, 0.25) is 0 Å². The van der Waals surface area contributed by atoms with Crippen molar-refractivity contribution in [3.8, 4) is 5.75 Å². The first kappa shape index (κ1) is 24.4. The lowest BCUT2D eigenvalue weighted by atomic mass is 10.1. The Morgan fingerprint density at radius 1 is 1.17 bits per heavy atom. The molecule has 2 aromatic carbocycles. The number of piperazine rings is 1. The van der Waals surface area contributed by atoms with Crippen LogP contribution in [-0.2, 0) is 4.79 Å². The van der Waals surface area contributed by atoms with Gasteiger partial charge in [-0.25, -0.2) is 14.4 Å². The number of anilines is 3. The van der Waals surface area contributed by atoms with Gasteiger partial charge < -0.3 is 19.9 Å². The highest BCUT2D eigenvalue weighted by Crippen LogP contribution is 2.37. The molecular formula is C26H28ClFN6O2. The molecule has 3 aromatic rings. The van der Waals surface area contributed by atoms with E-state index in [-0.39, 0.29) is 10.9 Å². The zero-order valence-corrected chi connectivity index (χ0v) is 20.8. The molecular weight excluding hydrogens is 483 g/mol. The number of fused-ring (bicyclic) bond motifs is 2. The van der Waals surface area contributed by atoms with Crippen LogP contribution in [0.3, 0.4) is 0 Å². The number of nitrogens with zero attached hydrogens (tertiary/aromatic N) is 5. The van der Waals surface area contributed by atoms with Crippen molar-refractivity contribution in [2.24, 2.45) is 0 Å². The molecule has 0 saturated carbocycles. The van der Waals surface area contributed by atoms with E-state index in [1.54, 1.807) is 17.0 Å². The summed E-state index contributed by atoms with van der Waals surface area (Å²) < 4.78 is 19.6. The molecule has 1 amide bonds. The van der Waals surface area contributed by atoms with E-state index in [0.29, 0.717) is 53.4 Å². The van der Waals surface area contributed by atoms with Gasteiger partial charge in [0, 0.05) is 62.5 Å². The maximum atomic E-state index is 13.6. The predicted molar refractivity (Wildman–Crippen MR) is 140 cm³/mol. The van der Waals surface area contributed by atoms with E-state index in [9.17, 15) is 9.18 Å². The molecule has 1 fully saturated rings. The number of benzene rings is 2. The molecule has 0 aliphatic carbocycles. The number of hydrogen-bond acceptors (Lipinski definition) is 7. The number of carbonyl (C=O) groups is 1. The van der Waals surface area contributed by atoms with Gasteiger partial charge in [-0.05, 0) is 37.7 Å². The number of carbonyl (C=O) groups excluding carboxylic acids is 1. The maximum absolute atomic E-state index is 13.6. The van der Waals surface area contributed by atoms with Gasteiger partial charge in [0.1, 0.15) is 23.7 Å². The van der Waals surface area contributed by atoms with Crippen LogP contribution >= 0.6 is 11.6 Å². The van der Waals surface area contributed by atoms with Gasteiger partial charge in [0.05, 0.1) is 22.8 Å². The van der Waals surface area contributed by atoms with Crippen LogP contribution in [0.25, 0.3) is 10.9 Å². The van der Waals surface area contributed by atoms with Crippen molar-refractivity contribution in [3.63, 3.8) is 0 Å². The van der Waals surface area contributed by atoms with E-state index in [4.69, 9.17) is 16.3 Å². The van der Waals surface area contributed by atoms with Crippen molar-refractivity contribution in [1.29, 1.82) is 0 Å². The molecule has 3 heterocycles. The molecule has 10 heteroatoms. The lowest BCUT2D eigenvalue weighted by Gasteiger charge is -2.31. The number of nitrogens with one attached hydrogen (secondary N) is 1. The van der Waals surface area contributed by atoms with Crippen molar-refractivity contribution in [3.05, 3.63) is 59.7 Å². The van der Waals surface area contributed by atoms with Gasteiger partial charge in [-0.2, -0.15) is 0 Å². The zero-order chi connectivity index (χ0) is 25.1. The number of rotatable bonds is 5. The Morgan fingerprint density at radius 2 is 2.00 bits per heavy atom. The van der Waals surface area contributed by atoms with Gasteiger partial charge in [-0.15, -0.1) is 0 Å². The first-order valence-corrected chi connectivity index (χ1v) is 12.4. The molecule has 1 N–H and O–H groups in total. The molecule has 2 aliphatic heterocycles. The topological polar surface area (TPSA) is 73.8 Å². The Bertz CT molecular complexity index is 1290. The smallest absolute Gasteiger partial charge is 0.250 e. The third-order valence-corrected chi connectivity index (χ3v) is 6.75. The first-order valence-electron chi connectivity index (χ1n) is 12.0. The quantitative estimate of drug-likeness (QED) is 0.518. The lowest BCUT2D eigenvalue weighted by Crippen LogP contribution is -2.44. The van der Waals surface area contributed by atoms with Gasteiger partial charge >= 0.3 is 0 Å². The second kappa shape index (κ2) is 10.8. The van der Waals surface area contributed by atoms with Crippen molar-refractivity contribution in [2.45, 2.75) is 6.42 Å². The average molecular weight is 511 g/mol. The standard InChI is InChI=1S/C26H28ClFN6O2/c1-32-9-11-33(12-10-32)7-2-4-25(35)34-8-3-13-36-24-16-22-19(15-23(24)34)26(30-17-29-22)31-18-5-6-21(28)20(27)14-18/h2,4-6,14-17H,3,7-13H2,1H3,(H,29,30,31)/b4-2+. The molecule has 0 radical (unpaired) electrons. The second-order valence-corrected chi connectivity index (χ2v) is 9.42. The Hall–Kier alpha value is -3.27. The third-order valence-electron chi connectivity index (χ3n) is 6.46. The highest BCUT2D eigenvalue weighted by Gasteiger charge is 2.23. The van der Waals surface area contributed by atoms with Crippen molar-refractivity contribution in [2.75, 3.05) is 63.1 Å². The average Bonchev–Trinajstić information content (AvgIpc) is 3.08. The highest BCUT2D eigenvalue weighted by molar-refractivity contribution is 6.31. The monoisotopic (exact) mass is 510 g/mol. The van der Waals surface area contributed by atoms with Gasteiger partial charge in [-0.3, -0.25) is 9.69 Å². The van der Waals surface area contributed by atoms with Gasteiger partial charge in [0.15, 0.2) is 0 Å². The van der Waals surface area contributed by atoms with E-state index >= 15 is 0 Å². The fourth-order valence-electron chi connectivity index (χ4n) is 4.39.